The van der Waals surface area contributed by atoms with Gasteiger partial charge >= 0.3 is 6.03 Å². The molecule has 0 spiro atoms. The molecule has 2 saturated heterocycles. The van der Waals surface area contributed by atoms with E-state index in [0.29, 0.717) is 73.3 Å². The van der Waals surface area contributed by atoms with Gasteiger partial charge in [0.1, 0.15) is 11.2 Å². The number of imidazole rings is 1. The van der Waals surface area contributed by atoms with Crippen LogP contribution in [-0.2, 0) is 4.74 Å². The summed E-state index contributed by atoms with van der Waals surface area (Å²) < 4.78 is 5.40. The van der Waals surface area contributed by atoms with E-state index >= 15 is 0 Å². The van der Waals surface area contributed by atoms with Crippen molar-refractivity contribution in [3.63, 3.8) is 0 Å². The van der Waals surface area contributed by atoms with Gasteiger partial charge in [-0.1, -0.05) is 6.07 Å². The molecule has 6 heterocycles. The number of benzene rings is 1. The van der Waals surface area contributed by atoms with Crippen molar-refractivity contribution in [2.75, 3.05) is 64.8 Å². The summed E-state index contributed by atoms with van der Waals surface area (Å²) in [7, 11) is 2.05. The van der Waals surface area contributed by atoms with Crippen molar-refractivity contribution < 1.29 is 14.3 Å². The summed E-state index contributed by atoms with van der Waals surface area (Å²) in [6.45, 7) is 5.24. The fourth-order valence-corrected chi connectivity index (χ4v) is 5.37. The maximum atomic E-state index is 13.3. The maximum Gasteiger partial charge on any atom is 0.321 e. The van der Waals surface area contributed by atoms with Crippen LogP contribution >= 0.6 is 0 Å². The monoisotopic (exact) mass is 566 g/mol. The molecule has 0 bridgehead atoms. The molecule has 42 heavy (non-hydrogen) atoms. The molecule has 13 nitrogen and oxygen atoms in total. The first-order valence-electron chi connectivity index (χ1n) is 13.9. The van der Waals surface area contributed by atoms with E-state index < -0.39 is 0 Å². The molecular weight excluding hydrogens is 536 g/mol. The number of anilines is 1. The van der Waals surface area contributed by atoms with E-state index in [-0.39, 0.29) is 11.9 Å². The van der Waals surface area contributed by atoms with Crippen LogP contribution in [0.4, 0.5) is 10.5 Å². The summed E-state index contributed by atoms with van der Waals surface area (Å²) >= 11 is 0. The number of aromatic nitrogens is 6. The summed E-state index contributed by atoms with van der Waals surface area (Å²) in [6.07, 6.45) is 5.11. The van der Waals surface area contributed by atoms with Gasteiger partial charge in [0, 0.05) is 62.8 Å². The van der Waals surface area contributed by atoms with Gasteiger partial charge in [0.05, 0.1) is 41.6 Å². The van der Waals surface area contributed by atoms with Gasteiger partial charge < -0.3 is 29.7 Å². The highest BCUT2D eigenvalue weighted by molar-refractivity contribution is 6.06. The number of fused-ring (bicyclic) bond motifs is 2. The van der Waals surface area contributed by atoms with Crippen molar-refractivity contribution in [1.82, 2.24) is 44.8 Å². The Morgan fingerprint density at radius 3 is 2.60 bits per heavy atom. The minimum absolute atomic E-state index is 0.0649. The van der Waals surface area contributed by atoms with Crippen LogP contribution in [0.2, 0.25) is 0 Å². The Kier molecular flexibility index (Phi) is 6.72. The van der Waals surface area contributed by atoms with E-state index in [1.54, 1.807) is 29.6 Å². The van der Waals surface area contributed by atoms with Crippen LogP contribution < -0.4 is 5.32 Å². The number of likely N-dealkylation sites (N-methyl/N-ethyl adjacent to an activating group) is 1. The van der Waals surface area contributed by atoms with Crippen molar-refractivity contribution in [3.05, 3.63) is 54.5 Å². The number of nitrogens with zero attached hydrogens (tertiary/aromatic N) is 7. The van der Waals surface area contributed by atoms with Crippen molar-refractivity contribution in [2.45, 2.75) is 0 Å². The molecule has 2 aliphatic rings. The quantitative estimate of drug-likeness (QED) is 0.301. The van der Waals surface area contributed by atoms with Crippen molar-refractivity contribution >= 4 is 39.7 Å². The minimum atomic E-state index is -0.135. The van der Waals surface area contributed by atoms with Gasteiger partial charge in [-0.15, -0.1) is 0 Å². The number of pyridine rings is 2. The molecular formula is C29H30N10O3. The van der Waals surface area contributed by atoms with E-state index in [4.69, 9.17) is 9.72 Å². The predicted molar refractivity (Wildman–Crippen MR) is 157 cm³/mol. The summed E-state index contributed by atoms with van der Waals surface area (Å²) in [5.74, 6) is 0.466. The molecule has 3 N–H and O–H groups in total. The number of piperazine rings is 1. The molecule has 2 fully saturated rings. The number of ether oxygens (including phenoxy) is 1. The zero-order chi connectivity index (χ0) is 28.6. The Morgan fingerprint density at radius 2 is 1.76 bits per heavy atom. The first-order valence-corrected chi connectivity index (χ1v) is 13.9. The number of H-pyrrole nitrogens is 2. The molecule has 2 aliphatic heterocycles. The smallest absolute Gasteiger partial charge is 0.321 e. The molecule has 0 unspecified atom stereocenters. The molecule has 0 atom stereocenters. The zero-order valence-electron chi connectivity index (χ0n) is 23.1. The Balaban J connectivity index is 1.18. The number of rotatable bonds is 4. The molecule has 0 saturated carbocycles. The average Bonchev–Trinajstić information content (AvgIpc) is 3.65. The molecule has 7 rings (SSSR count). The average molecular weight is 567 g/mol. The highest BCUT2D eigenvalue weighted by Gasteiger charge is 2.23. The van der Waals surface area contributed by atoms with Gasteiger partial charge in [-0.05, 0) is 31.3 Å². The van der Waals surface area contributed by atoms with Gasteiger partial charge in [-0.3, -0.25) is 14.9 Å². The van der Waals surface area contributed by atoms with Crippen LogP contribution in [0.3, 0.4) is 0 Å². The molecule has 0 aliphatic carbocycles. The van der Waals surface area contributed by atoms with Crippen molar-refractivity contribution in [3.8, 4) is 22.6 Å². The molecule has 3 amide bonds. The highest BCUT2D eigenvalue weighted by Crippen LogP contribution is 2.30. The van der Waals surface area contributed by atoms with Crippen LogP contribution in [0.5, 0.6) is 0 Å². The van der Waals surface area contributed by atoms with E-state index in [1.807, 2.05) is 29.2 Å². The minimum Gasteiger partial charge on any atom is -0.378 e. The number of amides is 3. The Bertz CT molecular complexity index is 1780. The number of hydrogen-bond donors (Lipinski definition) is 3. The maximum absolute atomic E-state index is 13.3. The predicted octanol–water partition coefficient (Wildman–Crippen LogP) is 2.81. The lowest BCUT2D eigenvalue weighted by atomic mass is 10.1. The third-order valence-corrected chi connectivity index (χ3v) is 7.80. The number of carbonyl (C=O) groups excluding carboxylic acids is 2. The highest BCUT2D eigenvalue weighted by atomic mass is 16.5. The van der Waals surface area contributed by atoms with Crippen molar-refractivity contribution in [2.24, 2.45) is 0 Å². The number of urea groups is 1. The lowest BCUT2D eigenvalue weighted by Crippen LogP contribution is -2.48. The number of aromatic amines is 2. The van der Waals surface area contributed by atoms with Crippen LogP contribution in [0.1, 0.15) is 10.4 Å². The molecule has 13 heteroatoms. The number of hydrogen-bond acceptors (Lipinski definition) is 8. The fourth-order valence-electron chi connectivity index (χ4n) is 5.37. The lowest BCUT2D eigenvalue weighted by molar-refractivity contribution is 0.0304. The molecule has 214 valence electrons. The topological polar surface area (TPSA) is 148 Å². The number of carbonyl (C=O) groups is 2. The van der Waals surface area contributed by atoms with E-state index in [1.165, 1.54) is 0 Å². The van der Waals surface area contributed by atoms with Gasteiger partial charge in [0.25, 0.3) is 5.91 Å². The van der Waals surface area contributed by atoms with Crippen LogP contribution in [-0.4, -0.2) is 116 Å². The van der Waals surface area contributed by atoms with E-state index in [2.05, 4.69) is 42.4 Å². The standard InChI is InChI=1S/C29H30N10O3/c1-37-5-7-39(8-6-37)29(41)32-20-13-18(15-30-17-20)19-14-22-25(35-36-26(22)31-16-19)27-33-23-4-2-3-21(24(23)34-27)28(40)38-9-11-42-12-10-38/h2-4,13-17H,5-12H2,1H3,(H,32,41)(H,33,34)(H,31,35,36). The summed E-state index contributed by atoms with van der Waals surface area (Å²) in [4.78, 5) is 48.9. The van der Waals surface area contributed by atoms with E-state index in [0.717, 1.165) is 35.1 Å². The lowest BCUT2D eigenvalue weighted by Gasteiger charge is -2.32. The largest absolute Gasteiger partial charge is 0.378 e. The first kappa shape index (κ1) is 26.0. The first-order chi connectivity index (χ1) is 20.5. The summed E-state index contributed by atoms with van der Waals surface area (Å²) in [6, 6.07) is 9.27. The Labute approximate surface area is 240 Å². The second kappa shape index (κ2) is 10.8. The summed E-state index contributed by atoms with van der Waals surface area (Å²) in [5.41, 5.74) is 5.30. The number of para-hydroxylation sites is 1. The van der Waals surface area contributed by atoms with Gasteiger partial charge in [0.2, 0.25) is 0 Å². The molecule has 1 aromatic carbocycles. The van der Waals surface area contributed by atoms with Gasteiger partial charge in [-0.25, -0.2) is 14.8 Å². The summed E-state index contributed by atoms with van der Waals surface area (Å²) in [5, 5.41) is 11.2. The van der Waals surface area contributed by atoms with E-state index in [9.17, 15) is 9.59 Å². The fraction of sp³-hybridized carbons (Fsp3) is 0.310. The molecule has 0 radical (unpaired) electrons. The molecule has 5 aromatic rings. The van der Waals surface area contributed by atoms with Crippen LogP contribution in [0, 0.1) is 0 Å². The Morgan fingerprint density at radius 1 is 0.952 bits per heavy atom. The SMILES string of the molecule is CN1CCN(C(=O)Nc2cncc(-c3cnc4[nH]nc(-c5nc6c(C(=O)N7CCOCC7)cccc6[nH]5)c4c3)c2)CC1. The van der Waals surface area contributed by atoms with Gasteiger partial charge in [0.15, 0.2) is 11.5 Å². The van der Waals surface area contributed by atoms with Crippen LogP contribution in [0.25, 0.3) is 44.7 Å². The number of nitrogens with one attached hydrogen (secondary N) is 3. The van der Waals surface area contributed by atoms with Crippen molar-refractivity contribution in [1.29, 1.82) is 0 Å². The number of morpholine rings is 1. The van der Waals surface area contributed by atoms with Crippen LogP contribution in [0.15, 0.2) is 48.9 Å². The molecule has 4 aromatic heterocycles. The van der Waals surface area contributed by atoms with Gasteiger partial charge in [-0.2, -0.15) is 5.10 Å². The normalized spacial score (nSPS) is 16.3. The third-order valence-electron chi connectivity index (χ3n) is 7.80. The third kappa shape index (κ3) is 4.92. The second-order valence-corrected chi connectivity index (χ2v) is 10.6. The Hall–Kier alpha value is -4.88. The zero-order valence-corrected chi connectivity index (χ0v) is 23.1. The second-order valence-electron chi connectivity index (χ2n) is 10.6.